The van der Waals surface area contributed by atoms with Gasteiger partial charge in [0.05, 0.1) is 0 Å². The number of allylic oxidation sites excluding steroid dienone is 1. The van der Waals surface area contributed by atoms with Gasteiger partial charge >= 0.3 is 0 Å². The van der Waals surface area contributed by atoms with Gasteiger partial charge in [0.15, 0.2) is 0 Å². The Morgan fingerprint density at radius 3 is 2.79 bits per heavy atom. The molecule has 1 N–H and O–H groups in total. The monoisotopic (exact) mass is 192 g/mol. The number of terminal acetylenes is 1. The van der Waals surface area contributed by atoms with Crippen molar-refractivity contribution in [2.45, 2.75) is 26.3 Å². The van der Waals surface area contributed by atoms with Gasteiger partial charge in [0, 0.05) is 32.2 Å². The molecule has 1 rings (SSSR count). The van der Waals surface area contributed by atoms with E-state index in [0.29, 0.717) is 6.04 Å². The second kappa shape index (κ2) is 5.85. The first kappa shape index (κ1) is 11.3. The van der Waals surface area contributed by atoms with E-state index in [-0.39, 0.29) is 0 Å². The Bertz CT molecular complexity index is 231. The van der Waals surface area contributed by atoms with Crippen molar-refractivity contribution in [2.75, 3.05) is 26.2 Å². The van der Waals surface area contributed by atoms with E-state index < -0.39 is 0 Å². The predicted octanol–water partition coefficient (Wildman–Crippen LogP) is 1.25. The van der Waals surface area contributed by atoms with Crippen LogP contribution in [0.2, 0.25) is 0 Å². The average Bonchev–Trinajstić information content (AvgIpc) is 2.19. The quantitative estimate of drug-likeness (QED) is 0.677. The van der Waals surface area contributed by atoms with Gasteiger partial charge in [-0.15, -0.1) is 6.42 Å². The van der Waals surface area contributed by atoms with Gasteiger partial charge < -0.3 is 5.32 Å². The Kier molecular flexibility index (Phi) is 4.72. The second-order valence-electron chi connectivity index (χ2n) is 4.00. The van der Waals surface area contributed by atoms with E-state index in [1.54, 1.807) is 0 Å². The van der Waals surface area contributed by atoms with E-state index in [1.165, 1.54) is 5.57 Å². The zero-order valence-electron chi connectivity index (χ0n) is 9.21. The van der Waals surface area contributed by atoms with E-state index in [1.807, 2.05) is 6.08 Å². The summed E-state index contributed by atoms with van der Waals surface area (Å²) in [4.78, 5) is 2.52. The second-order valence-corrected chi connectivity index (χ2v) is 4.00. The van der Waals surface area contributed by atoms with Crippen molar-refractivity contribution in [3.05, 3.63) is 11.6 Å². The van der Waals surface area contributed by atoms with Crippen molar-refractivity contribution < 1.29 is 0 Å². The van der Waals surface area contributed by atoms with Crippen LogP contribution in [0.1, 0.15) is 20.3 Å². The highest BCUT2D eigenvalue weighted by atomic mass is 15.2. The lowest BCUT2D eigenvalue weighted by Gasteiger charge is -2.32. The molecule has 0 bridgehead atoms. The molecule has 1 heterocycles. The van der Waals surface area contributed by atoms with Crippen LogP contribution < -0.4 is 5.32 Å². The van der Waals surface area contributed by atoms with Crippen LogP contribution in [0.15, 0.2) is 11.6 Å². The summed E-state index contributed by atoms with van der Waals surface area (Å²) in [7, 11) is 0. The minimum Gasteiger partial charge on any atom is -0.314 e. The van der Waals surface area contributed by atoms with Gasteiger partial charge in [0.25, 0.3) is 0 Å². The van der Waals surface area contributed by atoms with Crippen LogP contribution in [0.25, 0.3) is 0 Å². The molecule has 0 radical (unpaired) electrons. The number of nitrogens with one attached hydrogen (secondary N) is 1. The van der Waals surface area contributed by atoms with Crippen LogP contribution in [0.4, 0.5) is 0 Å². The molecule has 1 aliphatic heterocycles. The van der Waals surface area contributed by atoms with Crippen molar-refractivity contribution in [3.63, 3.8) is 0 Å². The third kappa shape index (κ3) is 3.53. The largest absolute Gasteiger partial charge is 0.314 e. The number of hydrogen-bond donors (Lipinski definition) is 1. The molecule has 0 aromatic heterocycles. The molecule has 2 heteroatoms. The molecule has 1 unspecified atom stereocenters. The summed E-state index contributed by atoms with van der Waals surface area (Å²) in [6, 6.07) is 0.613. The molecule has 0 aromatic rings. The first-order valence-electron chi connectivity index (χ1n) is 5.30. The highest BCUT2D eigenvalue weighted by molar-refractivity contribution is 5.16. The topological polar surface area (TPSA) is 15.3 Å². The lowest BCUT2D eigenvalue weighted by atomic mass is 10.1. The molecule has 1 aliphatic rings. The number of nitrogens with zero attached hydrogens (tertiary/aromatic N) is 1. The highest BCUT2D eigenvalue weighted by Crippen LogP contribution is 2.11. The maximum atomic E-state index is 5.23. The van der Waals surface area contributed by atoms with E-state index in [9.17, 15) is 0 Å². The molecule has 0 aromatic carbocycles. The Morgan fingerprint density at radius 2 is 2.21 bits per heavy atom. The van der Waals surface area contributed by atoms with Crippen molar-refractivity contribution >= 4 is 0 Å². The molecule has 1 saturated heterocycles. The molecule has 2 nitrogen and oxygen atoms in total. The predicted molar refractivity (Wildman–Crippen MR) is 61.1 cm³/mol. The van der Waals surface area contributed by atoms with Gasteiger partial charge in [-0.3, -0.25) is 4.90 Å². The Labute approximate surface area is 87.4 Å². The highest BCUT2D eigenvalue weighted by Gasteiger charge is 2.15. The fourth-order valence-corrected chi connectivity index (χ4v) is 1.92. The molecule has 0 aliphatic carbocycles. The van der Waals surface area contributed by atoms with Crippen LogP contribution in [0.5, 0.6) is 0 Å². The zero-order chi connectivity index (χ0) is 10.4. The summed E-state index contributed by atoms with van der Waals surface area (Å²) in [6.45, 7) is 8.93. The van der Waals surface area contributed by atoms with Crippen molar-refractivity contribution in [1.82, 2.24) is 10.2 Å². The van der Waals surface area contributed by atoms with Gasteiger partial charge in [-0.2, -0.15) is 0 Å². The van der Waals surface area contributed by atoms with Crippen LogP contribution in [-0.2, 0) is 0 Å². The van der Waals surface area contributed by atoms with Gasteiger partial charge in [-0.25, -0.2) is 0 Å². The lowest BCUT2D eigenvalue weighted by Crippen LogP contribution is -2.47. The molecule has 0 amide bonds. The number of piperazine rings is 1. The molecule has 14 heavy (non-hydrogen) atoms. The summed E-state index contributed by atoms with van der Waals surface area (Å²) < 4.78 is 0. The average molecular weight is 192 g/mol. The summed E-state index contributed by atoms with van der Waals surface area (Å²) in [6.07, 6.45) is 8.19. The fourth-order valence-electron chi connectivity index (χ4n) is 1.92. The zero-order valence-corrected chi connectivity index (χ0v) is 9.21. The fraction of sp³-hybridized carbons (Fsp3) is 0.667. The number of hydrogen-bond acceptors (Lipinski definition) is 2. The van der Waals surface area contributed by atoms with E-state index in [4.69, 9.17) is 6.42 Å². The van der Waals surface area contributed by atoms with Gasteiger partial charge in [-0.1, -0.05) is 11.5 Å². The van der Waals surface area contributed by atoms with Gasteiger partial charge in [0.1, 0.15) is 0 Å². The Morgan fingerprint density at radius 1 is 1.57 bits per heavy atom. The first-order chi connectivity index (χ1) is 6.74. The summed E-state index contributed by atoms with van der Waals surface area (Å²) in [5.74, 6) is 2.58. The van der Waals surface area contributed by atoms with Crippen LogP contribution in [-0.4, -0.2) is 37.1 Å². The molecule has 78 valence electrons. The van der Waals surface area contributed by atoms with Crippen molar-refractivity contribution in [3.8, 4) is 12.3 Å². The standard InChI is InChI=1S/C12H20N2/c1-4-5-11(2)10-12(3)14-8-6-13-7-9-14/h1,5,12-13H,6-10H2,2-3H3/b11-5-. The van der Waals surface area contributed by atoms with E-state index in [0.717, 1.165) is 32.6 Å². The third-order valence-electron chi connectivity index (χ3n) is 2.72. The number of rotatable bonds is 3. The van der Waals surface area contributed by atoms with Crippen LogP contribution in [0.3, 0.4) is 0 Å². The first-order valence-corrected chi connectivity index (χ1v) is 5.30. The van der Waals surface area contributed by atoms with Crippen molar-refractivity contribution in [1.29, 1.82) is 0 Å². The third-order valence-corrected chi connectivity index (χ3v) is 2.72. The minimum absolute atomic E-state index is 0.613. The molecule has 1 atom stereocenters. The maximum absolute atomic E-state index is 5.23. The maximum Gasteiger partial charge on any atom is 0.0110 e. The summed E-state index contributed by atoms with van der Waals surface area (Å²) in [5.41, 5.74) is 1.30. The molecule has 0 saturated carbocycles. The van der Waals surface area contributed by atoms with Crippen molar-refractivity contribution in [2.24, 2.45) is 0 Å². The normalized spacial score (nSPS) is 21.6. The smallest absolute Gasteiger partial charge is 0.0110 e. The molecule has 0 spiro atoms. The minimum atomic E-state index is 0.613. The Hall–Kier alpha value is -0.780. The Balaban J connectivity index is 2.37. The van der Waals surface area contributed by atoms with E-state index >= 15 is 0 Å². The summed E-state index contributed by atoms with van der Waals surface area (Å²) >= 11 is 0. The lowest BCUT2D eigenvalue weighted by molar-refractivity contribution is 0.183. The van der Waals surface area contributed by atoms with Gasteiger partial charge in [-0.05, 0) is 26.3 Å². The van der Waals surface area contributed by atoms with Crippen LogP contribution >= 0.6 is 0 Å². The molecular weight excluding hydrogens is 172 g/mol. The van der Waals surface area contributed by atoms with Gasteiger partial charge in [0.2, 0.25) is 0 Å². The molecule has 1 fully saturated rings. The van der Waals surface area contributed by atoms with Crippen LogP contribution in [0, 0.1) is 12.3 Å². The molecular formula is C12H20N2. The summed E-state index contributed by atoms with van der Waals surface area (Å²) in [5, 5.41) is 3.36. The SMILES string of the molecule is C#C/C=C(/C)CC(C)N1CCNCC1. The van der Waals surface area contributed by atoms with E-state index in [2.05, 4.69) is 30.0 Å².